The second-order valence-corrected chi connectivity index (χ2v) is 6.99. The Morgan fingerprint density at radius 3 is 2.13 bits per heavy atom. The maximum Gasteiger partial charge on any atom is 0.168 e. The van der Waals surface area contributed by atoms with Crippen LogP contribution in [0, 0.1) is 0 Å². The summed E-state index contributed by atoms with van der Waals surface area (Å²) in [4.78, 5) is 12.0. The fourth-order valence-corrected chi connectivity index (χ4v) is 3.51. The van der Waals surface area contributed by atoms with Gasteiger partial charge in [-0.15, -0.1) is 0 Å². The molecule has 0 fully saturated rings. The molecule has 0 amide bonds. The monoisotopic (exact) mass is 319 g/mol. The van der Waals surface area contributed by atoms with Crippen LogP contribution >= 0.6 is 0 Å². The minimum absolute atomic E-state index is 0.241. The molecule has 3 heteroatoms. The van der Waals surface area contributed by atoms with Crippen molar-refractivity contribution >= 4 is 5.78 Å². The predicted molar refractivity (Wildman–Crippen MR) is 93.9 cm³/mol. The molecule has 1 aromatic heterocycles. The van der Waals surface area contributed by atoms with Crippen molar-refractivity contribution < 1.29 is 9.32 Å². The van der Waals surface area contributed by atoms with Gasteiger partial charge in [-0.05, 0) is 19.3 Å². The number of fused-ring (bicyclic) bond motifs is 1. The second-order valence-electron chi connectivity index (χ2n) is 6.99. The Morgan fingerprint density at radius 2 is 1.48 bits per heavy atom. The van der Waals surface area contributed by atoms with E-state index in [-0.39, 0.29) is 5.78 Å². The Hall–Kier alpha value is -1.12. The number of rotatable bonds is 12. The van der Waals surface area contributed by atoms with Gasteiger partial charge in [0.15, 0.2) is 5.78 Å². The van der Waals surface area contributed by atoms with Gasteiger partial charge in [0, 0.05) is 12.8 Å². The number of hydrogen-bond donors (Lipinski definition) is 0. The summed E-state index contributed by atoms with van der Waals surface area (Å²) in [5.41, 5.74) is 1.74. The molecular formula is C20H33NO2. The van der Waals surface area contributed by atoms with Crippen LogP contribution in [0.25, 0.3) is 0 Å². The van der Waals surface area contributed by atoms with Crippen molar-refractivity contribution in [1.29, 1.82) is 0 Å². The van der Waals surface area contributed by atoms with Crippen molar-refractivity contribution in [2.75, 3.05) is 0 Å². The summed E-state index contributed by atoms with van der Waals surface area (Å²) < 4.78 is 5.34. The number of carbonyl (C=O) groups excluding carboxylic acids is 1. The summed E-state index contributed by atoms with van der Waals surface area (Å²) in [7, 11) is 0. The van der Waals surface area contributed by atoms with Crippen LogP contribution in [0.5, 0.6) is 0 Å². The number of aromatic nitrogens is 1. The fourth-order valence-electron chi connectivity index (χ4n) is 3.51. The van der Waals surface area contributed by atoms with E-state index in [9.17, 15) is 4.79 Å². The van der Waals surface area contributed by atoms with Gasteiger partial charge < -0.3 is 4.52 Å². The lowest BCUT2D eigenvalue weighted by atomic mass is 9.93. The third-order valence-corrected chi connectivity index (χ3v) is 4.94. The predicted octanol–water partition coefficient (Wildman–Crippen LogP) is 6.05. The molecule has 0 N–H and O–H groups in total. The molecule has 1 aliphatic carbocycles. The minimum atomic E-state index is 0.241. The molecule has 0 bridgehead atoms. The zero-order valence-electron chi connectivity index (χ0n) is 14.9. The first-order chi connectivity index (χ1) is 11.3. The zero-order valence-corrected chi connectivity index (χ0v) is 14.9. The molecule has 0 saturated carbocycles. The van der Waals surface area contributed by atoms with Crippen molar-refractivity contribution in [2.45, 2.75) is 103 Å². The standard InChI is InChI=1S/C20H33NO2/c1-2-3-4-5-6-7-8-9-10-11-12-14-17-20-18(22)15-13-16-19(20)23-21-17/h2-16H2,1H3. The van der Waals surface area contributed by atoms with Crippen molar-refractivity contribution in [3.8, 4) is 0 Å². The third kappa shape index (κ3) is 6.12. The molecule has 0 unspecified atom stereocenters. The van der Waals surface area contributed by atoms with E-state index in [1.165, 1.54) is 64.2 Å². The Bertz CT molecular complexity index is 464. The lowest BCUT2D eigenvalue weighted by Crippen LogP contribution is -2.10. The summed E-state index contributed by atoms with van der Waals surface area (Å²) >= 11 is 0. The highest BCUT2D eigenvalue weighted by Crippen LogP contribution is 2.25. The van der Waals surface area contributed by atoms with E-state index in [1.54, 1.807) is 0 Å². The lowest BCUT2D eigenvalue weighted by molar-refractivity contribution is 0.0968. The van der Waals surface area contributed by atoms with E-state index >= 15 is 0 Å². The topological polar surface area (TPSA) is 43.1 Å². The number of carbonyl (C=O) groups is 1. The number of aryl methyl sites for hydroxylation is 2. The van der Waals surface area contributed by atoms with Crippen LogP contribution in [-0.4, -0.2) is 10.9 Å². The molecule has 1 aromatic rings. The summed E-state index contributed by atoms with van der Waals surface area (Å²) in [6.45, 7) is 2.27. The van der Waals surface area contributed by atoms with Gasteiger partial charge in [0.2, 0.25) is 0 Å². The molecular weight excluding hydrogens is 286 g/mol. The quantitative estimate of drug-likeness (QED) is 0.441. The molecule has 0 aromatic carbocycles. The molecule has 3 nitrogen and oxygen atoms in total. The summed E-state index contributed by atoms with van der Waals surface area (Å²) in [6, 6.07) is 0. The molecule has 1 heterocycles. The average Bonchev–Trinajstić information content (AvgIpc) is 2.97. The smallest absolute Gasteiger partial charge is 0.168 e. The Labute approximate surface area is 141 Å². The van der Waals surface area contributed by atoms with Gasteiger partial charge in [0.25, 0.3) is 0 Å². The normalized spacial score (nSPS) is 14.2. The van der Waals surface area contributed by atoms with Gasteiger partial charge in [-0.3, -0.25) is 4.79 Å². The summed E-state index contributed by atoms with van der Waals surface area (Å²) in [6.07, 6.45) is 18.1. The minimum Gasteiger partial charge on any atom is -0.360 e. The number of unbranched alkanes of at least 4 members (excludes halogenated alkanes) is 10. The van der Waals surface area contributed by atoms with E-state index in [2.05, 4.69) is 12.1 Å². The van der Waals surface area contributed by atoms with E-state index < -0.39 is 0 Å². The van der Waals surface area contributed by atoms with E-state index in [1.807, 2.05) is 0 Å². The number of nitrogens with zero attached hydrogens (tertiary/aromatic N) is 1. The Balaban J connectivity index is 1.50. The third-order valence-electron chi connectivity index (χ3n) is 4.94. The molecule has 0 atom stereocenters. The second kappa shape index (κ2) is 10.6. The first-order valence-electron chi connectivity index (χ1n) is 9.83. The number of ketones is 1. The SMILES string of the molecule is CCCCCCCCCCCCCc1noc2c1C(=O)CCC2. The fraction of sp³-hybridized carbons (Fsp3) is 0.800. The van der Waals surface area contributed by atoms with Gasteiger partial charge in [0.1, 0.15) is 5.76 Å². The maximum absolute atomic E-state index is 12.0. The van der Waals surface area contributed by atoms with E-state index in [0.717, 1.165) is 42.7 Å². The number of Topliss-reactive ketones (excluding diaryl/α,β-unsaturated/α-hetero) is 1. The van der Waals surface area contributed by atoms with Crippen molar-refractivity contribution in [3.63, 3.8) is 0 Å². The first-order valence-corrected chi connectivity index (χ1v) is 9.83. The van der Waals surface area contributed by atoms with Crippen LogP contribution in [0.1, 0.15) is 112 Å². The van der Waals surface area contributed by atoms with Crippen LogP contribution in [0.15, 0.2) is 4.52 Å². The van der Waals surface area contributed by atoms with Gasteiger partial charge in [-0.2, -0.15) is 0 Å². The molecule has 23 heavy (non-hydrogen) atoms. The summed E-state index contributed by atoms with van der Waals surface area (Å²) in [5, 5.41) is 4.14. The van der Waals surface area contributed by atoms with Gasteiger partial charge >= 0.3 is 0 Å². The van der Waals surface area contributed by atoms with E-state index in [4.69, 9.17) is 4.52 Å². The van der Waals surface area contributed by atoms with Gasteiger partial charge in [-0.1, -0.05) is 76.3 Å². The van der Waals surface area contributed by atoms with Crippen LogP contribution in [0.4, 0.5) is 0 Å². The molecule has 0 spiro atoms. The van der Waals surface area contributed by atoms with E-state index in [0.29, 0.717) is 6.42 Å². The summed E-state index contributed by atoms with van der Waals surface area (Å²) in [5.74, 6) is 1.07. The van der Waals surface area contributed by atoms with Crippen LogP contribution < -0.4 is 0 Å². The Kier molecular flexibility index (Phi) is 8.41. The van der Waals surface area contributed by atoms with Crippen LogP contribution in [-0.2, 0) is 12.8 Å². The average molecular weight is 319 g/mol. The molecule has 0 aliphatic heterocycles. The largest absolute Gasteiger partial charge is 0.360 e. The highest BCUT2D eigenvalue weighted by Gasteiger charge is 2.25. The van der Waals surface area contributed by atoms with Crippen molar-refractivity contribution in [2.24, 2.45) is 0 Å². The highest BCUT2D eigenvalue weighted by atomic mass is 16.5. The van der Waals surface area contributed by atoms with Crippen molar-refractivity contribution in [1.82, 2.24) is 5.16 Å². The maximum atomic E-state index is 12.0. The molecule has 1 aliphatic rings. The van der Waals surface area contributed by atoms with Gasteiger partial charge in [0.05, 0.1) is 11.3 Å². The van der Waals surface area contributed by atoms with Crippen molar-refractivity contribution in [3.05, 3.63) is 17.0 Å². The zero-order chi connectivity index (χ0) is 16.3. The first kappa shape index (κ1) is 18.2. The number of hydrogen-bond acceptors (Lipinski definition) is 3. The molecule has 0 radical (unpaired) electrons. The van der Waals surface area contributed by atoms with Crippen LogP contribution in [0.2, 0.25) is 0 Å². The lowest BCUT2D eigenvalue weighted by Gasteiger charge is -2.08. The van der Waals surface area contributed by atoms with Gasteiger partial charge in [-0.25, -0.2) is 0 Å². The van der Waals surface area contributed by atoms with Crippen LogP contribution in [0.3, 0.4) is 0 Å². The Morgan fingerprint density at radius 1 is 0.870 bits per heavy atom. The molecule has 2 rings (SSSR count). The molecule has 130 valence electrons. The highest BCUT2D eigenvalue weighted by molar-refractivity contribution is 5.98. The molecule has 0 saturated heterocycles.